The highest BCUT2D eigenvalue weighted by Gasteiger charge is 2.50. The maximum atomic E-state index is 11.8. The Morgan fingerprint density at radius 2 is 2.31 bits per heavy atom. The lowest BCUT2D eigenvalue weighted by Crippen LogP contribution is -2.22. The minimum atomic E-state index is -0.748. The molecule has 1 aromatic carbocycles. The lowest BCUT2D eigenvalue weighted by Gasteiger charge is -2.08. The van der Waals surface area contributed by atoms with Crippen molar-refractivity contribution in [3.05, 3.63) is 29.8 Å². The number of hydrogen-bond donors (Lipinski definition) is 1. The van der Waals surface area contributed by atoms with Gasteiger partial charge >= 0.3 is 0 Å². The van der Waals surface area contributed by atoms with Gasteiger partial charge < -0.3 is 5.32 Å². The van der Waals surface area contributed by atoms with Crippen LogP contribution in [-0.2, 0) is 11.2 Å². The maximum Gasteiger partial charge on any atom is 0.244 e. The van der Waals surface area contributed by atoms with E-state index in [0.717, 1.165) is 12.1 Å². The second-order valence-electron chi connectivity index (χ2n) is 4.20. The molecular formula is C13H14N2O. The van der Waals surface area contributed by atoms with E-state index < -0.39 is 5.41 Å². The Kier molecular flexibility index (Phi) is 2.66. The molecule has 1 fully saturated rings. The molecule has 1 amide bonds. The summed E-state index contributed by atoms with van der Waals surface area (Å²) < 4.78 is 0. The number of nitrogens with one attached hydrogen (secondary N) is 1. The van der Waals surface area contributed by atoms with E-state index in [4.69, 9.17) is 5.26 Å². The summed E-state index contributed by atoms with van der Waals surface area (Å²) in [5, 5.41) is 11.7. The van der Waals surface area contributed by atoms with Gasteiger partial charge in [0.1, 0.15) is 5.41 Å². The molecule has 3 heteroatoms. The molecule has 0 aromatic heterocycles. The van der Waals surface area contributed by atoms with E-state index in [9.17, 15) is 4.79 Å². The van der Waals surface area contributed by atoms with Crippen LogP contribution in [-0.4, -0.2) is 5.91 Å². The number of aryl methyl sites for hydroxylation is 1. The Morgan fingerprint density at radius 3 is 2.88 bits per heavy atom. The fourth-order valence-electron chi connectivity index (χ4n) is 1.63. The lowest BCUT2D eigenvalue weighted by atomic mass is 10.1. The molecule has 0 atom stereocenters. The highest BCUT2D eigenvalue weighted by atomic mass is 16.2. The van der Waals surface area contributed by atoms with Crippen molar-refractivity contribution >= 4 is 11.6 Å². The van der Waals surface area contributed by atoms with Crippen LogP contribution in [0.5, 0.6) is 0 Å². The van der Waals surface area contributed by atoms with Gasteiger partial charge in [0.05, 0.1) is 6.07 Å². The number of rotatable bonds is 3. The number of carbonyl (C=O) groups excluding carboxylic acids is 1. The van der Waals surface area contributed by atoms with Crippen molar-refractivity contribution < 1.29 is 4.79 Å². The first kappa shape index (κ1) is 10.7. The van der Waals surface area contributed by atoms with Crippen molar-refractivity contribution in [3.8, 4) is 6.07 Å². The monoisotopic (exact) mass is 214 g/mol. The number of anilines is 1. The van der Waals surface area contributed by atoms with Gasteiger partial charge in [0, 0.05) is 5.69 Å². The summed E-state index contributed by atoms with van der Waals surface area (Å²) in [6.45, 7) is 2.07. The molecule has 1 saturated carbocycles. The first-order valence-electron chi connectivity index (χ1n) is 5.52. The van der Waals surface area contributed by atoms with Crippen LogP contribution < -0.4 is 5.32 Å². The number of carbonyl (C=O) groups is 1. The van der Waals surface area contributed by atoms with Crippen LogP contribution in [0.15, 0.2) is 24.3 Å². The molecule has 0 heterocycles. The van der Waals surface area contributed by atoms with E-state index in [1.54, 1.807) is 0 Å². The molecule has 0 bridgehead atoms. The zero-order valence-corrected chi connectivity index (χ0v) is 9.29. The minimum absolute atomic E-state index is 0.164. The predicted octanol–water partition coefficient (Wildman–Crippen LogP) is 2.49. The van der Waals surface area contributed by atoms with E-state index in [2.05, 4.69) is 18.3 Å². The summed E-state index contributed by atoms with van der Waals surface area (Å²) in [5.41, 5.74) is 1.22. The molecule has 0 unspecified atom stereocenters. The molecule has 1 aliphatic rings. The van der Waals surface area contributed by atoms with Crippen molar-refractivity contribution in [1.82, 2.24) is 0 Å². The summed E-state index contributed by atoms with van der Waals surface area (Å²) in [6, 6.07) is 9.83. The Morgan fingerprint density at radius 1 is 1.56 bits per heavy atom. The molecule has 1 aliphatic carbocycles. The molecule has 0 saturated heterocycles. The Balaban J connectivity index is 2.10. The Bertz CT molecular complexity index is 455. The molecule has 82 valence electrons. The predicted molar refractivity (Wildman–Crippen MR) is 61.7 cm³/mol. The van der Waals surface area contributed by atoms with Crippen molar-refractivity contribution in [3.63, 3.8) is 0 Å². The van der Waals surface area contributed by atoms with Crippen LogP contribution in [0, 0.1) is 16.7 Å². The average Bonchev–Trinajstić information content (AvgIpc) is 3.10. The normalized spacial score (nSPS) is 16.2. The summed E-state index contributed by atoms with van der Waals surface area (Å²) in [7, 11) is 0. The van der Waals surface area contributed by atoms with E-state index in [1.165, 1.54) is 5.56 Å². The number of nitrogens with zero attached hydrogens (tertiary/aromatic N) is 1. The molecular weight excluding hydrogens is 200 g/mol. The first-order valence-corrected chi connectivity index (χ1v) is 5.52. The van der Waals surface area contributed by atoms with Crippen LogP contribution >= 0.6 is 0 Å². The number of amides is 1. The number of nitriles is 1. The van der Waals surface area contributed by atoms with Crippen molar-refractivity contribution in [2.75, 3.05) is 5.32 Å². The van der Waals surface area contributed by atoms with Gasteiger partial charge in [0.2, 0.25) is 5.91 Å². The van der Waals surface area contributed by atoms with Crippen LogP contribution in [0.25, 0.3) is 0 Å². The average molecular weight is 214 g/mol. The highest BCUT2D eigenvalue weighted by Crippen LogP contribution is 2.45. The van der Waals surface area contributed by atoms with E-state index in [-0.39, 0.29) is 5.91 Å². The molecule has 3 nitrogen and oxygen atoms in total. The largest absolute Gasteiger partial charge is 0.325 e. The second-order valence-corrected chi connectivity index (χ2v) is 4.20. The topological polar surface area (TPSA) is 52.9 Å². The van der Waals surface area contributed by atoms with Gasteiger partial charge in [-0.1, -0.05) is 19.1 Å². The fraction of sp³-hybridized carbons (Fsp3) is 0.385. The maximum absolute atomic E-state index is 11.8. The van der Waals surface area contributed by atoms with Gasteiger partial charge in [-0.15, -0.1) is 0 Å². The standard InChI is InChI=1S/C13H14N2O/c1-2-10-4-3-5-11(8-10)15-12(16)13(9-14)6-7-13/h3-5,8H,2,6-7H2,1H3,(H,15,16). The molecule has 16 heavy (non-hydrogen) atoms. The number of benzene rings is 1. The Labute approximate surface area is 95.1 Å². The number of hydrogen-bond acceptors (Lipinski definition) is 2. The van der Waals surface area contributed by atoms with E-state index in [0.29, 0.717) is 12.8 Å². The molecule has 1 N–H and O–H groups in total. The highest BCUT2D eigenvalue weighted by molar-refractivity contribution is 5.99. The van der Waals surface area contributed by atoms with Gasteiger partial charge in [0.25, 0.3) is 0 Å². The minimum Gasteiger partial charge on any atom is -0.325 e. The quantitative estimate of drug-likeness (QED) is 0.840. The summed E-state index contributed by atoms with van der Waals surface area (Å²) in [6.07, 6.45) is 2.30. The van der Waals surface area contributed by atoms with Crippen LogP contribution in [0.2, 0.25) is 0 Å². The van der Waals surface area contributed by atoms with E-state index >= 15 is 0 Å². The fourth-order valence-corrected chi connectivity index (χ4v) is 1.63. The summed E-state index contributed by atoms with van der Waals surface area (Å²) in [5.74, 6) is -0.164. The van der Waals surface area contributed by atoms with Crippen molar-refractivity contribution in [2.45, 2.75) is 26.2 Å². The van der Waals surface area contributed by atoms with Crippen LogP contribution in [0.1, 0.15) is 25.3 Å². The smallest absolute Gasteiger partial charge is 0.244 e. The third kappa shape index (κ3) is 1.92. The van der Waals surface area contributed by atoms with Gasteiger partial charge in [-0.25, -0.2) is 0 Å². The van der Waals surface area contributed by atoms with Gasteiger partial charge in [0.15, 0.2) is 0 Å². The third-order valence-electron chi connectivity index (χ3n) is 2.99. The third-order valence-corrected chi connectivity index (χ3v) is 2.99. The first-order chi connectivity index (χ1) is 7.70. The van der Waals surface area contributed by atoms with Gasteiger partial charge in [-0.05, 0) is 37.0 Å². The van der Waals surface area contributed by atoms with Crippen LogP contribution in [0.3, 0.4) is 0 Å². The summed E-state index contributed by atoms with van der Waals surface area (Å²) in [4.78, 5) is 11.8. The molecule has 2 rings (SSSR count). The lowest BCUT2D eigenvalue weighted by molar-refractivity contribution is -0.119. The zero-order chi connectivity index (χ0) is 11.6. The van der Waals surface area contributed by atoms with Gasteiger partial charge in [-0.2, -0.15) is 5.26 Å². The SMILES string of the molecule is CCc1cccc(NC(=O)C2(C#N)CC2)c1. The molecule has 0 radical (unpaired) electrons. The molecule has 1 aromatic rings. The molecule has 0 aliphatic heterocycles. The van der Waals surface area contributed by atoms with E-state index in [1.807, 2.05) is 24.3 Å². The second kappa shape index (κ2) is 3.97. The zero-order valence-electron chi connectivity index (χ0n) is 9.29. The molecule has 0 spiro atoms. The van der Waals surface area contributed by atoms with Crippen molar-refractivity contribution in [1.29, 1.82) is 5.26 Å². The Hall–Kier alpha value is -1.82. The summed E-state index contributed by atoms with van der Waals surface area (Å²) >= 11 is 0. The van der Waals surface area contributed by atoms with Gasteiger partial charge in [-0.3, -0.25) is 4.79 Å². The van der Waals surface area contributed by atoms with Crippen LogP contribution in [0.4, 0.5) is 5.69 Å². The van der Waals surface area contributed by atoms with Crippen molar-refractivity contribution in [2.24, 2.45) is 5.41 Å².